The summed E-state index contributed by atoms with van der Waals surface area (Å²) in [5, 5.41) is 4.23. The van der Waals surface area contributed by atoms with Crippen LogP contribution in [-0.2, 0) is 32.1 Å². The van der Waals surface area contributed by atoms with Crippen molar-refractivity contribution in [3.63, 3.8) is 0 Å². The summed E-state index contributed by atoms with van der Waals surface area (Å²) in [6.07, 6.45) is -0.00764. The van der Waals surface area contributed by atoms with E-state index in [1.54, 1.807) is 12.4 Å². The Morgan fingerprint density at radius 3 is 2.74 bits per heavy atom. The Labute approximate surface area is 201 Å². The summed E-state index contributed by atoms with van der Waals surface area (Å²) in [6.45, 7) is 2.17. The van der Waals surface area contributed by atoms with Crippen molar-refractivity contribution in [3.8, 4) is 0 Å². The lowest BCUT2D eigenvalue weighted by Crippen LogP contribution is -2.55. The van der Waals surface area contributed by atoms with Crippen LogP contribution < -0.4 is 11.1 Å². The summed E-state index contributed by atoms with van der Waals surface area (Å²) >= 11 is 1.42. The van der Waals surface area contributed by atoms with Gasteiger partial charge < -0.3 is 15.4 Å². The summed E-state index contributed by atoms with van der Waals surface area (Å²) in [4.78, 5) is 58.2. The first-order valence-corrected chi connectivity index (χ1v) is 12.1. The van der Waals surface area contributed by atoms with E-state index in [2.05, 4.69) is 10.3 Å². The number of rotatable bonds is 7. The smallest absolute Gasteiger partial charge is 0.411 e. The average molecular weight is 486 g/mol. The van der Waals surface area contributed by atoms with E-state index in [9.17, 15) is 19.2 Å². The molecule has 0 spiro atoms. The predicted molar refractivity (Wildman–Crippen MR) is 123 cm³/mol. The minimum atomic E-state index is -0.964. The number of carbonyl (C=O) groups is 4. The summed E-state index contributed by atoms with van der Waals surface area (Å²) < 4.78 is 5.26. The molecule has 10 nitrogen and oxygen atoms in total. The largest absolute Gasteiger partial charge is 0.444 e. The molecule has 0 unspecified atom stereocenters. The van der Waals surface area contributed by atoms with Crippen LogP contribution in [0.5, 0.6) is 0 Å². The maximum atomic E-state index is 13.0. The number of ether oxygens (including phenoxy) is 1. The van der Waals surface area contributed by atoms with Crippen molar-refractivity contribution >= 4 is 35.2 Å². The van der Waals surface area contributed by atoms with Crippen LogP contribution in [0.1, 0.15) is 31.0 Å². The van der Waals surface area contributed by atoms with Gasteiger partial charge in [0.25, 0.3) is 5.91 Å². The number of nitrogens with one attached hydrogen (secondary N) is 1. The van der Waals surface area contributed by atoms with Crippen LogP contribution in [-0.4, -0.2) is 69.4 Å². The number of hydrogen-bond donors (Lipinski definition) is 2. The molecule has 1 aromatic carbocycles. The Kier molecular flexibility index (Phi) is 7.23. The van der Waals surface area contributed by atoms with Crippen molar-refractivity contribution in [1.82, 2.24) is 20.1 Å². The molecule has 2 fully saturated rings. The Morgan fingerprint density at radius 2 is 2.03 bits per heavy atom. The molecule has 4 rings (SSSR count). The highest BCUT2D eigenvalue weighted by atomic mass is 32.1. The summed E-state index contributed by atoms with van der Waals surface area (Å²) in [6, 6.07) is 6.62. The number of hydrogen-bond acceptors (Lipinski definition) is 8. The van der Waals surface area contributed by atoms with E-state index in [0.29, 0.717) is 19.4 Å². The highest BCUT2D eigenvalue weighted by Crippen LogP contribution is 2.23. The second-order valence-corrected chi connectivity index (χ2v) is 9.20. The normalized spacial score (nSPS) is 23.0. The minimum Gasteiger partial charge on any atom is -0.444 e. The van der Waals surface area contributed by atoms with Gasteiger partial charge in [0.2, 0.25) is 11.8 Å². The van der Waals surface area contributed by atoms with Crippen molar-refractivity contribution < 1.29 is 23.9 Å². The molecular weight excluding hydrogens is 458 g/mol. The number of cyclic esters (lactones) is 1. The molecule has 4 amide bonds. The van der Waals surface area contributed by atoms with Gasteiger partial charge in [-0.3, -0.25) is 24.6 Å². The van der Waals surface area contributed by atoms with Crippen LogP contribution in [0, 0.1) is 0 Å². The molecule has 3 heterocycles. The summed E-state index contributed by atoms with van der Waals surface area (Å²) in [7, 11) is 0. The van der Waals surface area contributed by atoms with Crippen LogP contribution in [0.25, 0.3) is 0 Å². The molecular formula is C23H27N5O5S. The third-order valence-electron chi connectivity index (χ3n) is 6.08. The predicted octanol–water partition coefficient (Wildman–Crippen LogP) is 1.06. The fourth-order valence-electron chi connectivity index (χ4n) is 4.40. The van der Waals surface area contributed by atoms with Crippen molar-refractivity contribution in [2.75, 3.05) is 6.54 Å². The number of thiazole rings is 1. The van der Waals surface area contributed by atoms with Gasteiger partial charge in [-0.2, -0.15) is 0 Å². The lowest BCUT2D eigenvalue weighted by atomic mass is 10.1. The maximum Gasteiger partial charge on any atom is 0.411 e. The lowest BCUT2D eigenvalue weighted by molar-refractivity contribution is -0.142. The number of likely N-dealkylation sites (tertiary alicyclic amines) is 1. The van der Waals surface area contributed by atoms with Crippen molar-refractivity contribution in [2.24, 2.45) is 5.73 Å². The van der Waals surface area contributed by atoms with E-state index < -0.39 is 42.1 Å². The Hall–Kier alpha value is -3.31. The fraction of sp³-hybridized carbons (Fsp3) is 0.435. The van der Waals surface area contributed by atoms with Crippen molar-refractivity contribution in [2.45, 2.75) is 57.0 Å². The van der Waals surface area contributed by atoms with E-state index in [1.165, 1.54) is 21.1 Å². The zero-order chi connectivity index (χ0) is 24.2. The van der Waals surface area contributed by atoms with Gasteiger partial charge in [-0.05, 0) is 25.3 Å². The molecule has 4 atom stereocenters. The topological polar surface area (TPSA) is 135 Å². The molecule has 3 N–H and O–H groups in total. The van der Waals surface area contributed by atoms with E-state index >= 15 is 0 Å². The van der Waals surface area contributed by atoms with Crippen molar-refractivity contribution in [3.05, 3.63) is 52.5 Å². The van der Waals surface area contributed by atoms with Gasteiger partial charge in [-0.25, -0.2) is 9.78 Å². The quantitative estimate of drug-likeness (QED) is 0.560. The van der Waals surface area contributed by atoms with Crippen LogP contribution >= 0.6 is 11.3 Å². The minimum absolute atomic E-state index is 0.176. The first-order valence-electron chi connectivity index (χ1n) is 11.1. The molecule has 0 saturated carbocycles. The van der Waals surface area contributed by atoms with E-state index in [0.717, 1.165) is 11.3 Å². The molecule has 11 heteroatoms. The summed E-state index contributed by atoms with van der Waals surface area (Å²) in [5.41, 5.74) is 9.32. The van der Waals surface area contributed by atoms with E-state index in [-0.39, 0.29) is 18.9 Å². The highest BCUT2D eigenvalue weighted by molar-refractivity contribution is 7.07. The fourth-order valence-corrected chi connectivity index (χ4v) is 4.97. The molecule has 180 valence electrons. The third-order valence-corrected chi connectivity index (χ3v) is 6.72. The highest BCUT2D eigenvalue weighted by Gasteiger charge is 2.45. The second-order valence-electron chi connectivity index (χ2n) is 8.48. The van der Waals surface area contributed by atoms with Crippen LogP contribution in [0.3, 0.4) is 0 Å². The maximum absolute atomic E-state index is 13.0. The number of amides is 4. The SMILES string of the molecule is C[C@H]1OC(=O)N(Cc2ccccc2)[C@@H]1C(=O)NC(=O)[C@@H]1CCCN1C(=O)[C@@H](N)Cc1cscn1. The second kappa shape index (κ2) is 10.3. The number of aromatic nitrogens is 1. The molecule has 2 aliphatic rings. The lowest BCUT2D eigenvalue weighted by Gasteiger charge is -2.27. The monoisotopic (exact) mass is 485 g/mol. The summed E-state index contributed by atoms with van der Waals surface area (Å²) in [5.74, 6) is -1.56. The van der Waals surface area contributed by atoms with Gasteiger partial charge in [-0.1, -0.05) is 30.3 Å². The van der Waals surface area contributed by atoms with Crippen LogP contribution in [0.4, 0.5) is 4.79 Å². The average Bonchev–Trinajstić information content (AvgIpc) is 3.55. The number of nitrogens with zero attached hydrogens (tertiary/aromatic N) is 3. The molecule has 0 radical (unpaired) electrons. The van der Waals surface area contributed by atoms with Crippen LogP contribution in [0.15, 0.2) is 41.2 Å². The number of nitrogens with two attached hydrogens (primary N) is 1. The first-order chi connectivity index (χ1) is 16.3. The standard InChI is InChI=1S/C23H27N5O5S/c1-14-19(28(23(32)33-14)11-15-6-3-2-4-7-15)21(30)26-20(29)18-8-5-9-27(18)22(31)17(24)10-16-12-34-13-25-16/h2-4,6-7,12-14,17-19H,5,8-11,24H2,1H3,(H,26,29,30)/t14-,17+,18+,19+/m1/s1. The number of imide groups is 1. The van der Waals surface area contributed by atoms with Gasteiger partial charge in [0, 0.05) is 18.3 Å². The van der Waals surface area contributed by atoms with Gasteiger partial charge >= 0.3 is 6.09 Å². The van der Waals surface area contributed by atoms with Gasteiger partial charge in [0.15, 0.2) is 6.04 Å². The van der Waals surface area contributed by atoms with Crippen LogP contribution in [0.2, 0.25) is 0 Å². The van der Waals surface area contributed by atoms with E-state index in [1.807, 2.05) is 35.7 Å². The zero-order valence-electron chi connectivity index (χ0n) is 18.8. The third kappa shape index (κ3) is 5.10. The van der Waals surface area contributed by atoms with Gasteiger partial charge in [-0.15, -0.1) is 11.3 Å². The Balaban J connectivity index is 1.40. The number of benzene rings is 1. The van der Waals surface area contributed by atoms with Gasteiger partial charge in [0.1, 0.15) is 12.1 Å². The van der Waals surface area contributed by atoms with Crippen molar-refractivity contribution in [1.29, 1.82) is 0 Å². The molecule has 2 aromatic rings. The molecule has 0 bridgehead atoms. The molecule has 2 saturated heterocycles. The first kappa shape index (κ1) is 23.8. The molecule has 34 heavy (non-hydrogen) atoms. The van der Waals surface area contributed by atoms with Gasteiger partial charge in [0.05, 0.1) is 23.8 Å². The zero-order valence-corrected chi connectivity index (χ0v) is 19.6. The van der Waals surface area contributed by atoms with E-state index in [4.69, 9.17) is 10.5 Å². The molecule has 0 aliphatic carbocycles. The molecule has 1 aromatic heterocycles. The molecule has 2 aliphatic heterocycles. The Morgan fingerprint density at radius 1 is 1.26 bits per heavy atom. The number of carbonyl (C=O) groups excluding carboxylic acids is 4. The Bertz CT molecular complexity index is 1050.